The molecule has 0 atom stereocenters. The largest absolute Gasteiger partial charge is 0.361 e. The van der Waals surface area contributed by atoms with Crippen molar-refractivity contribution in [2.24, 2.45) is 0 Å². The molecule has 0 radical (unpaired) electrons. The number of halogens is 1. The highest BCUT2D eigenvalue weighted by Gasteiger charge is 2.15. The smallest absolute Gasteiger partial charge is 0.271 e. The van der Waals surface area contributed by atoms with Gasteiger partial charge in [0.15, 0.2) is 0 Å². The van der Waals surface area contributed by atoms with Crippen LogP contribution in [-0.4, -0.2) is 29.2 Å². The first-order valence-corrected chi connectivity index (χ1v) is 10.7. The molecule has 0 aliphatic carbocycles. The van der Waals surface area contributed by atoms with Gasteiger partial charge in [-0.25, -0.2) is 4.98 Å². The maximum absolute atomic E-state index is 10.8. The summed E-state index contributed by atoms with van der Waals surface area (Å²) < 4.78 is 7.29. The molecule has 2 aromatic rings. The lowest BCUT2D eigenvalue weighted by Crippen LogP contribution is -2.22. The molecular weight excluding hydrogens is 310 g/mol. The van der Waals surface area contributed by atoms with E-state index in [1.807, 2.05) is 0 Å². The molecule has 0 aliphatic rings. The summed E-state index contributed by atoms with van der Waals surface area (Å²) in [4.78, 5) is 14.6. The van der Waals surface area contributed by atoms with Crippen LogP contribution in [0, 0.1) is 10.1 Å². The third-order valence-corrected chi connectivity index (χ3v) is 5.11. The average Bonchev–Trinajstić information content (AvgIpc) is 2.68. The Labute approximate surface area is 128 Å². The van der Waals surface area contributed by atoms with Gasteiger partial charge < -0.3 is 4.74 Å². The predicted molar refractivity (Wildman–Crippen MR) is 85.5 cm³/mol. The van der Waals surface area contributed by atoms with Crippen LogP contribution in [0.25, 0.3) is 11.0 Å². The van der Waals surface area contributed by atoms with Gasteiger partial charge in [-0.2, -0.15) is 0 Å². The Morgan fingerprint density at radius 2 is 2.14 bits per heavy atom. The summed E-state index contributed by atoms with van der Waals surface area (Å²) in [6.45, 7) is 7.74. The molecule has 0 saturated carbocycles. The number of nitro benzene ring substituents is 1. The van der Waals surface area contributed by atoms with Gasteiger partial charge in [-0.3, -0.25) is 14.7 Å². The number of hydrogen-bond acceptors (Lipinski definition) is 4. The van der Waals surface area contributed by atoms with Gasteiger partial charge in [0.1, 0.15) is 6.73 Å². The number of ether oxygens (including phenoxy) is 1. The third kappa shape index (κ3) is 4.02. The van der Waals surface area contributed by atoms with Crippen LogP contribution >= 0.6 is 11.6 Å². The fraction of sp³-hybridized carbons (Fsp3) is 0.462. The molecule has 1 aromatic carbocycles. The molecule has 0 amide bonds. The molecule has 0 aliphatic heterocycles. The van der Waals surface area contributed by atoms with Crippen LogP contribution in [0.5, 0.6) is 0 Å². The third-order valence-electron chi connectivity index (χ3n) is 3.11. The number of imidazole rings is 1. The molecule has 114 valence electrons. The SMILES string of the molecule is C[Si](C)(C)CCOCn1c(Cl)nc2ccc([N+](=O)[O-])cc21. The zero-order valence-electron chi connectivity index (χ0n) is 12.3. The summed E-state index contributed by atoms with van der Waals surface area (Å²) in [6.07, 6.45) is 0. The van der Waals surface area contributed by atoms with Crippen LogP contribution in [0.2, 0.25) is 31.0 Å². The van der Waals surface area contributed by atoms with Gasteiger partial charge in [0, 0.05) is 26.8 Å². The molecule has 6 nitrogen and oxygen atoms in total. The molecule has 0 spiro atoms. The van der Waals surface area contributed by atoms with Crippen molar-refractivity contribution in [1.29, 1.82) is 0 Å². The zero-order valence-corrected chi connectivity index (χ0v) is 14.1. The van der Waals surface area contributed by atoms with Crippen molar-refractivity contribution in [2.75, 3.05) is 6.61 Å². The first-order valence-electron chi connectivity index (χ1n) is 6.66. The fourth-order valence-electron chi connectivity index (χ4n) is 1.85. The van der Waals surface area contributed by atoms with E-state index in [0.717, 1.165) is 6.04 Å². The fourth-order valence-corrected chi connectivity index (χ4v) is 2.84. The summed E-state index contributed by atoms with van der Waals surface area (Å²) in [6, 6.07) is 5.54. The van der Waals surface area contributed by atoms with Gasteiger partial charge >= 0.3 is 0 Å². The molecule has 0 bridgehead atoms. The van der Waals surface area contributed by atoms with Crippen LogP contribution in [0.15, 0.2) is 18.2 Å². The van der Waals surface area contributed by atoms with Crippen molar-refractivity contribution in [3.05, 3.63) is 33.6 Å². The Morgan fingerprint density at radius 3 is 2.76 bits per heavy atom. The molecule has 1 heterocycles. The van der Waals surface area contributed by atoms with Gasteiger partial charge in [0.25, 0.3) is 5.69 Å². The summed E-state index contributed by atoms with van der Waals surface area (Å²) in [5.41, 5.74) is 1.25. The first-order chi connectivity index (χ1) is 9.78. The van der Waals surface area contributed by atoms with E-state index < -0.39 is 13.0 Å². The van der Waals surface area contributed by atoms with Gasteiger partial charge in [-0.05, 0) is 23.7 Å². The molecular formula is C13H18ClN3O3Si. The molecule has 0 fully saturated rings. The van der Waals surface area contributed by atoms with Crippen molar-refractivity contribution in [3.63, 3.8) is 0 Å². The molecule has 8 heteroatoms. The number of fused-ring (bicyclic) bond motifs is 1. The first kappa shape index (κ1) is 15.9. The second kappa shape index (κ2) is 6.13. The number of aromatic nitrogens is 2. The van der Waals surface area contributed by atoms with Crippen molar-refractivity contribution in [2.45, 2.75) is 32.4 Å². The number of non-ortho nitro benzene ring substituents is 1. The summed E-state index contributed by atoms with van der Waals surface area (Å²) in [5.74, 6) is 0. The minimum absolute atomic E-state index is 0.0161. The molecule has 0 saturated heterocycles. The Hall–Kier alpha value is -1.44. The second-order valence-electron chi connectivity index (χ2n) is 6.09. The lowest BCUT2D eigenvalue weighted by molar-refractivity contribution is -0.384. The van der Waals surface area contributed by atoms with Gasteiger partial charge in [0.05, 0.1) is 16.0 Å². The number of benzene rings is 1. The normalized spacial score (nSPS) is 12.0. The van der Waals surface area contributed by atoms with E-state index in [9.17, 15) is 10.1 Å². The second-order valence-corrected chi connectivity index (χ2v) is 12.0. The molecule has 0 unspecified atom stereocenters. The lowest BCUT2D eigenvalue weighted by Gasteiger charge is -2.15. The van der Waals surface area contributed by atoms with Crippen molar-refractivity contribution < 1.29 is 9.66 Å². The van der Waals surface area contributed by atoms with E-state index in [4.69, 9.17) is 16.3 Å². The number of nitrogens with zero attached hydrogens (tertiary/aromatic N) is 3. The predicted octanol–water partition coefficient (Wildman–Crippen LogP) is 3.91. The number of hydrogen-bond donors (Lipinski definition) is 0. The maximum Gasteiger partial charge on any atom is 0.271 e. The van der Waals surface area contributed by atoms with Gasteiger partial charge in [-0.1, -0.05) is 19.6 Å². The van der Waals surface area contributed by atoms with E-state index in [1.165, 1.54) is 12.1 Å². The number of rotatable bonds is 6. The van der Waals surface area contributed by atoms with Crippen molar-refractivity contribution in [3.8, 4) is 0 Å². The topological polar surface area (TPSA) is 70.2 Å². The van der Waals surface area contributed by atoms with Crippen LogP contribution < -0.4 is 0 Å². The Bertz CT molecular complexity index is 666. The van der Waals surface area contributed by atoms with Crippen LogP contribution in [-0.2, 0) is 11.5 Å². The minimum Gasteiger partial charge on any atom is -0.361 e. The molecule has 21 heavy (non-hydrogen) atoms. The highest BCUT2D eigenvalue weighted by molar-refractivity contribution is 6.76. The zero-order chi connectivity index (χ0) is 15.6. The Kier molecular flexibility index (Phi) is 4.65. The van der Waals surface area contributed by atoms with Gasteiger partial charge in [0.2, 0.25) is 5.28 Å². The van der Waals surface area contributed by atoms with Crippen LogP contribution in [0.1, 0.15) is 0 Å². The standard InChI is InChI=1S/C13H18ClN3O3Si/c1-21(2,3)7-6-20-9-16-12-8-10(17(18)19)4-5-11(12)15-13(16)14/h4-5,8H,6-7,9H2,1-3H3. The van der Waals surface area contributed by atoms with Crippen LogP contribution in [0.4, 0.5) is 5.69 Å². The monoisotopic (exact) mass is 327 g/mol. The van der Waals surface area contributed by atoms with Crippen molar-refractivity contribution in [1.82, 2.24) is 9.55 Å². The van der Waals surface area contributed by atoms with E-state index in [2.05, 4.69) is 24.6 Å². The van der Waals surface area contributed by atoms with Crippen molar-refractivity contribution >= 4 is 36.4 Å². The van der Waals surface area contributed by atoms with E-state index in [-0.39, 0.29) is 17.7 Å². The van der Waals surface area contributed by atoms with E-state index in [1.54, 1.807) is 10.6 Å². The summed E-state index contributed by atoms with van der Waals surface area (Å²) in [5, 5.41) is 11.1. The van der Waals surface area contributed by atoms with Crippen LogP contribution in [0.3, 0.4) is 0 Å². The Morgan fingerprint density at radius 1 is 1.43 bits per heavy atom. The lowest BCUT2D eigenvalue weighted by atomic mass is 10.3. The quantitative estimate of drug-likeness (QED) is 0.349. The van der Waals surface area contributed by atoms with Gasteiger partial charge in [-0.15, -0.1) is 0 Å². The highest BCUT2D eigenvalue weighted by Crippen LogP contribution is 2.24. The highest BCUT2D eigenvalue weighted by atomic mass is 35.5. The number of nitro groups is 1. The molecule has 1 aromatic heterocycles. The summed E-state index contributed by atoms with van der Waals surface area (Å²) in [7, 11) is -1.14. The molecule has 0 N–H and O–H groups in total. The Balaban J connectivity index is 2.16. The van der Waals surface area contributed by atoms with E-state index in [0.29, 0.717) is 17.6 Å². The maximum atomic E-state index is 10.8. The average molecular weight is 328 g/mol. The minimum atomic E-state index is -1.14. The van der Waals surface area contributed by atoms with E-state index >= 15 is 0 Å². The molecule has 2 rings (SSSR count). The summed E-state index contributed by atoms with van der Waals surface area (Å²) >= 11 is 6.08.